The summed E-state index contributed by atoms with van der Waals surface area (Å²) in [7, 11) is 0. The van der Waals surface area contributed by atoms with Crippen LogP contribution < -0.4 is 5.73 Å². The van der Waals surface area contributed by atoms with E-state index in [0.717, 1.165) is 34.8 Å². The maximum absolute atomic E-state index is 6.35. The monoisotopic (exact) mass is 272 g/mol. The third kappa shape index (κ3) is 2.15. The molecule has 0 saturated heterocycles. The van der Waals surface area contributed by atoms with E-state index in [1.807, 2.05) is 23.6 Å². The second-order valence-corrected chi connectivity index (χ2v) is 5.44. The first-order valence-corrected chi connectivity index (χ1v) is 7.29. The number of pyridine rings is 1. The molecule has 0 spiro atoms. The summed E-state index contributed by atoms with van der Waals surface area (Å²) in [6.45, 7) is 3.04. The van der Waals surface area contributed by atoms with Gasteiger partial charge < -0.3 is 10.3 Å². The third-order valence-corrected chi connectivity index (χ3v) is 4.06. The molecule has 1 unspecified atom stereocenters. The summed E-state index contributed by atoms with van der Waals surface area (Å²) >= 11 is 1.66. The van der Waals surface area contributed by atoms with Crippen molar-refractivity contribution >= 4 is 22.5 Å². The molecule has 0 bridgehead atoms. The van der Waals surface area contributed by atoms with Gasteiger partial charge in [-0.1, -0.05) is 13.0 Å². The molecule has 0 fully saturated rings. The molecule has 3 aromatic rings. The zero-order chi connectivity index (χ0) is 13.2. The lowest BCUT2D eigenvalue weighted by Crippen LogP contribution is -2.17. The van der Waals surface area contributed by atoms with Crippen LogP contribution in [0.3, 0.4) is 0 Å². The van der Waals surface area contributed by atoms with Crippen LogP contribution in [0, 0.1) is 0 Å². The van der Waals surface area contributed by atoms with E-state index in [0.29, 0.717) is 0 Å². The van der Waals surface area contributed by atoms with Crippen LogP contribution in [0.25, 0.3) is 11.2 Å². The third-order valence-electron chi connectivity index (χ3n) is 3.11. The number of imidazole rings is 1. The number of thiophene rings is 1. The van der Waals surface area contributed by atoms with E-state index in [2.05, 4.69) is 27.5 Å². The zero-order valence-corrected chi connectivity index (χ0v) is 11.6. The Kier molecular flexibility index (Phi) is 3.31. The molecule has 3 aromatic heterocycles. The van der Waals surface area contributed by atoms with Gasteiger partial charge in [-0.3, -0.25) is 0 Å². The Hall–Kier alpha value is -1.72. The summed E-state index contributed by atoms with van der Waals surface area (Å²) in [6, 6.07) is 7.79. The smallest absolute Gasteiger partial charge is 0.160 e. The van der Waals surface area contributed by atoms with Crippen molar-refractivity contribution < 1.29 is 0 Å². The van der Waals surface area contributed by atoms with Gasteiger partial charge in [0.15, 0.2) is 5.65 Å². The van der Waals surface area contributed by atoms with Crippen molar-refractivity contribution in [2.45, 2.75) is 25.9 Å². The maximum Gasteiger partial charge on any atom is 0.160 e. The van der Waals surface area contributed by atoms with Gasteiger partial charge >= 0.3 is 0 Å². The fraction of sp³-hybridized carbons (Fsp3) is 0.286. The zero-order valence-electron chi connectivity index (χ0n) is 10.8. The van der Waals surface area contributed by atoms with Crippen LogP contribution in [0.1, 0.15) is 30.1 Å². The standard InChI is InChI=1S/C14H16N4S/c1-2-8-18-13-10(5-3-7-16-13)17-14(18)12(15)11-6-4-9-19-11/h3-7,9,12H,2,8,15H2,1H3. The van der Waals surface area contributed by atoms with E-state index in [1.54, 1.807) is 17.5 Å². The molecule has 0 aromatic carbocycles. The molecule has 0 radical (unpaired) electrons. The minimum absolute atomic E-state index is 0.180. The number of nitrogens with two attached hydrogens (primary N) is 1. The lowest BCUT2D eigenvalue weighted by Gasteiger charge is -2.12. The molecule has 0 aliphatic rings. The van der Waals surface area contributed by atoms with Crippen LogP contribution in [0.4, 0.5) is 0 Å². The number of nitrogens with zero attached hydrogens (tertiary/aromatic N) is 3. The molecule has 3 rings (SSSR count). The molecule has 0 amide bonds. The van der Waals surface area contributed by atoms with Gasteiger partial charge in [0.05, 0.1) is 6.04 Å². The second kappa shape index (κ2) is 5.11. The second-order valence-electron chi connectivity index (χ2n) is 4.46. The van der Waals surface area contributed by atoms with E-state index in [-0.39, 0.29) is 6.04 Å². The van der Waals surface area contributed by atoms with Crippen LogP contribution in [-0.4, -0.2) is 14.5 Å². The van der Waals surface area contributed by atoms with Crippen molar-refractivity contribution in [3.05, 3.63) is 46.5 Å². The molecule has 0 saturated carbocycles. The van der Waals surface area contributed by atoms with Crippen molar-refractivity contribution in [1.82, 2.24) is 14.5 Å². The first kappa shape index (κ1) is 12.3. The minimum Gasteiger partial charge on any atom is -0.317 e. The van der Waals surface area contributed by atoms with Crippen LogP contribution in [0.5, 0.6) is 0 Å². The molecular formula is C14H16N4S. The Balaban J connectivity index is 2.14. The Morgan fingerprint density at radius 1 is 1.37 bits per heavy atom. The summed E-state index contributed by atoms with van der Waals surface area (Å²) < 4.78 is 2.14. The molecule has 98 valence electrons. The Labute approximate surface area is 115 Å². The highest BCUT2D eigenvalue weighted by atomic mass is 32.1. The highest BCUT2D eigenvalue weighted by Crippen LogP contribution is 2.26. The van der Waals surface area contributed by atoms with Crippen molar-refractivity contribution in [2.24, 2.45) is 5.73 Å². The summed E-state index contributed by atoms with van der Waals surface area (Å²) in [6.07, 6.45) is 2.84. The number of fused-ring (bicyclic) bond motifs is 1. The van der Waals surface area contributed by atoms with Gasteiger partial charge in [-0.05, 0) is 30.0 Å². The van der Waals surface area contributed by atoms with Crippen molar-refractivity contribution in [2.75, 3.05) is 0 Å². The van der Waals surface area contributed by atoms with E-state index in [1.165, 1.54) is 0 Å². The van der Waals surface area contributed by atoms with Crippen LogP contribution in [-0.2, 0) is 6.54 Å². The van der Waals surface area contributed by atoms with E-state index < -0.39 is 0 Å². The fourth-order valence-electron chi connectivity index (χ4n) is 2.25. The van der Waals surface area contributed by atoms with Crippen molar-refractivity contribution in [3.8, 4) is 0 Å². The predicted molar refractivity (Wildman–Crippen MR) is 78.2 cm³/mol. The topological polar surface area (TPSA) is 56.7 Å². The molecule has 2 N–H and O–H groups in total. The molecule has 5 heteroatoms. The first-order chi connectivity index (χ1) is 9.31. The first-order valence-electron chi connectivity index (χ1n) is 6.41. The van der Waals surface area contributed by atoms with Gasteiger partial charge in [0.1, 0.15) is 11.3 Å². The van der Waals surface area contributed by atoms with Crippen LogP contribution in [0.2, 0.25) is 0 Å². The quantitative estimate of drug-likeness (QED) is 0.794. The van der Waals surface area contributed by atoms with Crippen molar-refractivity contribution in [3.63, 3.8) is 0 Å². The number of aryl methyl sites for hydroxylation is 1. The summed E-state index contributed by atoms with van der Waals surface area (Å²) in [5.41, 5.74) is 8.19. The predicted octanol–water partition coefficient (Wildman–Crippen LogP) is 2.95. The van der Waals surface area contributed by atoms with E-state index >= 15 is 0 Å². The summed E-state index contributed by atoms with van der Waals surface area (Å²) in [5, 5.41) is 2.04. The molecule has 19 heavy (non-hydrogen) atoms. The average molecular weight is 272 g/mol. The number of aromatic nitrogens is 3. The number of hydrogen-bond donors (Lipinski definition) is 1. The molecule has 3 heterocycles. The molecule has 1 atom stereocenters. The van der Waals surface area contributed by atoms with Crippen molar-refractivity contribution in [1.29, 1.82) is 0 Å². The molecule has 0 aliphatic carbocycles. The molecule has 4 nitrogen and oxygen atoms in total. The largest absolute Gasteiger partial charge is 0.317 e. The summed E-state index contributed by atoms with van der Waals surface area (Å²) in [5.74, 6) is 0.901. The van der Waals surface area contributed by atoms with Gasteiger partial charge in [0, 0.05) is 17.6 Å². The van der Waals surface area contributed by atoms with E-state index in [9.17, 15) is 0 Å². The van der Waals surface area contributed by atoms with Crippen LogP contribution >= 0.6 is 11.3 Å². The summed E-state index contributed by atoms with van der Waals surface area (Å²) in [4.78, 5) is 10.2. The normalized spacial score (nSPS) is 12.9. The lowest BCUT2D eigenvalue weighted by molar-refractivity contribution is 0.626. The number of rotatable bonds is 4. The van der Waals surface area contributed by atoms with Gasteiger partial charge in [-0.2, -0.15) is 0 Å². The lowest BCUT2D eigenvalue weighted by atomic mass is 10.2. The van der Waals surface area contributed by atoms with Gasteiger partial charge in [0.25, 0.3) is 0 Å². The fourth-order valence-corrected chi connectivity index (χ4v) is 2.98. The SMILES string of the molecule is CCCn1c(C(N)c2cccs2)nc2cccnc21. The molecule has 0 aliphatic heterocycles. The van der Waals surface area contributed by atoms with Gasteiger partial charge in [0.2, 0.25) is 0 Å². The van der Waals surface area contributed by atoms with Gasteiger partial charge in [-0.25, -0.2) is 9.97 Å². The highest BCUT2D eigenvalue weighted by Gasteiger charge is 2.19. The van der Waals surface area contributed by atoms with Crippen LogP contribution in [0.15, 0.2) is 35.8 Å². The van der Waals surface area contributed by atoms with E-state index in [4.69, 9.17) is 5.73 Å². The van der Waals surface area contributed by atoms with Gasteiger partial charge in [-0.15, -0.1) is 11.3 Å². The highest BCUT2D eigenvalue weighted by molar-refractivity contribution is 7.10. The minimum atomic E-state index is -0.180. The molecular weight excluding hydrogens is 256 g/mol. The average Bonchev–Trinajstić information content (AvgIpc) is 3.06. The maximum atomic E-state index is 6.35. The Morgan fingerprint density at radius 2 is 2.26 bits per heavy atom. The Bertz CT molecular complexity index is 672. The number of hydrogen-bond acceptors (Lipinski definition) is 4. The Morgan fingerprint density at radius 3 is 3.00 bits per heavy atom.